The van der Waals surface area contributed by atoms with Crippen LogP contribution < -0.4 is 10.2 Å². The second-order valence-electron chi connectivity index (χ2n) is 4.81. The van der Waals surface area contributed by atoms with Gasteiger partial charge in [0.2, 0.25) is 15.5 Å². The van der Waals surface area contributed by atoms with Crippen molar-refractivity contribution in [1.82, 2.24) is 9.71 Å². The number of aromatic nitrogens is 1. The Morgan fingerprint density at radius 3 is 2.43 bits per heavy atom. The van der Waals surface area contributed by atoms with Crippen molar-refractivity contribution in [2.75, 3.05) is 0 Å². The van der Waals surface area contributed by atoms with Crippen molar-refractivity contribution in [1.29, 1.82) is 0 Å². The molecule has 0 radical (unpaired) electrons. The van der Waals surface area contributed by atoms with Crippen LogP contribution >= 0.6 is 0 Å². The first-order valence-electron chi connectivity index (χ1n) is 6.72. The molecule has 0 saturated carbocycles. The number of aryl methyl sites for hydroxylation is 1. The molecule has 0 bridgehead atoms. The molecule has 5 nitrogen and oxygen atoms in total. The Morgan fingerprint density at radius 1 is 1.19 bits per heavy atom. The lowest BCUT2D eigenvalue weighted by molar-refractivity contribution is 0.565. The van der Waals surface area contributed by atoms with Gasteiger partial charge in [0.15, 0.2) is 0 Å². The van der Waals surface area contributed by atoms with E-state index >= 15 is 0 Å². The van der Waals surface area contributed by atoms with E-state index in [4.69, 9.17) is 0 Å². The summed E-state index contributed by atoms with van der Waals surface area (Å²) < 4.78 is 27.0. The summed E-state index contributed by atoms with van der Waals surface area (Å²) in [6.07, 6.45) is 3.52. The van der Waals surface area contributed by atoms with Crippen molar-refractivity contribution >= 4 is 10.0 Å². The molecule has 1 aromatic carbocycles. The third-order valence-corrected chi connectivity index (χ3v) is 4.86. The van der Waals surface area contributed by atoms with Gasteiger partial charge in [-0.2, -0.15) is 0 Å². The minimum atomic E-state index is -3.85. The Morgan fingerprint density at radius 2 is 1.86 bits per heavy atom. The molecular formula is C15H18N2O3S. The Bertz CT molecular complexity index is 764. The molecule has 0 saturated heterocycles. The van der Waals surface area contributed by atoms with Crippen LogP contribution in [0, 0.1) is 0 Å². The lowest BCUT2D eigenvalue weighted by atomic mass is 10.1. The van der Waals surface area contributed by atoms with Gasteiger partial charge in [-0.3, -0.25) is 4.79 Å². The molecule has 1 aromatic heterocycles. The van der Waals surface area contributed by atoms with Crippen molar-refractivity contribution in [2.24, 2.45) is 0 Å². The summed E-state index contributed by atoms with van der Waals surface area (Å²) >= 11 is 0. The van der Waals surface area contributed by atoms with E-state index in [-0.39, 0.29) is 4.90 Å². The fourth-order valence-corrected chi connectivity index (χ4v) is 3.30. The zero-order valence-corrected chi connectivity index (χ0v) is 12.8. The minimum absolute atomic E-state index is 0.276. The molecule has 0 aliphatic heterocycles. The van der Waals surface area contributed by atoms with Crippen LogP contribution in [-0.2, 0) is 16.4 Å². The number of sulfonamides is 1. The first kappa shape index (κ1) is 15.5. The van der Waals surface area contributed by atoms with Gasteiger partial charge in [-0.1, -0.05) is 31.2 Å². The highest BCUT2D eigenvalue weighted by molar-refractivity contribution is 7.89. The fraction of sp³-hybridized carbons (Fsp3) is 0.267. The molecule has 0 spiro atoms. The zero-order valence-electron chi connectivity index (χ0n) is 12.0. The minimum Gasteiger partial charge on any atom is -0.366 e. The molecule has 112 valence electrons. The van der Waals surface area contributed by atoms with Gasteiger partial charge in [0.05, 0.1) is 0 Å². The van der Waals surface area contributed by atoms with E-state index in [9.17, 15) is 13.2 Å². The van der Waals surface area contributed by atoms with Crippen LogP contribution in [0.5, 0.6) is 0 Å². The van der Waals surface area contributed by atoms with Gasteiger partial charge in [-0.25, -0.2) is 13.1 Å². The summed E-state index contributed by atoms with van der Waals surface area (Å²) in [4.78, 5) is 14.0. The SMILES string of the molecule is CCc1ccc(C(C)NS(=O)(=O)c2c[nH]ccc2=O)cc1. The first-order chi connectivity index (χ1) is 9.94. The summed E-state index contributed by atoms with van der Waals surface area (Å²) in [5.74, 6) is 0. The number of H-pyrrole nitrogens is 1. The predicted molar refractivity (Wildman–Crippen MR) is 81.6 cm³/mol. The standard InChI is InChI=1S/C15H18N2O3S/c1-3-12-4-6-13(7-5-12)11(2)17-21(19,20)15-10-16-9-8-14(15)18/h4-11,17H,3H2,1-2H3,(H,16,18). The fourth-order valence-electron chi connectivity index (χ4n) is 2.02. The lowest BCUT2D eigenvalue weighted by Gasteiger charge is -2.14. The van der Waals surface area contributed by atoms with Gasteiger partial charge < -0.3 is 4.98 Å². The Labute approximate surface area is 124 Å². The highest BCUT2D eigenvalue weighted by Gasteiger charge is 2.20. The molecule has 2 aromatic rings. The van der Waals surface area contributed by atoms with Crippen molar-refractivity contribution < 1.29 is 8.42 Å². The highest BCUT2D eigenvalue weighted by Crippen LogP contribution is 2.16. The average molecular weight is 306 g/mol. The Kier molecular flexibility index (Phi) is 4.59. The Balaban J connectivity index is 2.23. The zero-order chi connectivity index (χ0) is 15.5. The van der Waals surface area contributed by atoms with Gasteiger partial charge in [0, 0.05) is 24.5 Å². The summed E-state index contributed by atoms with van der Waals surface area (Å²) in [5.41, 5.74) is 1.51. The molecule has 2 rings (SSSR count). The second-order valence-corrected chi connectivity index (χ2v) is 6.49. The summed E-state index contributed by atoms with van der Waals surface area (Å²) in [6.45, 7) is 3.80. The van der Waals surface area contributed by atoms with Gasteiger partial charge in [0.25, 0.3) is 0 Å². The lowest BCUT2D eigenvalue weighted by Crippen LogP contribution is -2.30. The van der Waals surface area contributed by atoms with E-state index in [1.54, 1.807) is 6.92 Å². The van der Waals surface area contributed by atoms with E-state index in [1.165, 1.54) is 24.0 Å². The van der Waals surface area contributed by atoms with Crippen LogP contribution in [0.15, 0.2) is 52.4 Å². The summed E-state index contributed by atoms with van der Waals surface area (Å²) in [6, 6.07) is 8.49. The average Bonchev–Trinajstić information content (AvgIpc) is 2.47. The van der Waals surface area contributed by atoms with Crippen LogP contribution in [0.25, 0.3) is 0 Å². The maximum Gasteiger partial charge on any atom is 0.246 e. The van der Waals surface area contributed by atoms with Crippen LogP contribution in [0.4, 0.5) is 0 Å². The number of pyridine rings is 1. The van der Waals surface area contributed by atoms with E-state index in [0.29, 0.717) is 0 Å². The number of aromatic amines is 1. The first-order valence-corrected chi connectivity index (χ1v) is 8.20. The van der Waals surface area contributed by atoms with E-state index in [1.807, 2.05) is 24.3 Å². The molecule has 1 atom stereocenters. The van der Waals surface area contributed by atoms with Gasteiger partial charge >= 0.3 is 0 Å². The third-order valence-electron chi connectivity index (χ3n) is 3.30. The highest BCUT2D eigenvalue weighted by atomic mass is 32.2. The smallest absolute Gasteiger partial charge is 0.246 e. The summed E-state index contributed by atoms with van der Waals surface area (Å²) in [5, 5.41) is 0. The molecule has 2 N–H and O–H groups in total. The van der Waals surface area contributed by atoms with Crippen LogP contribution in [-0.4, -0.2) is 13.4 Å². The molecule has 0 amide bonds. The number of benzene rings is 1. The van der Waals surface area contributed by atoms with Gasteiger partial charge in [-0.05, 0) is 24.5 Å². The molecule has 0 fully saturated rings. The van der Waals surface area contributed by atoms with Gasteiger partial charge in [-0.15, -0.1) is 0 Å². The number of hydrogen-bond acceptors (Lipinski definition) is 3. The maximum absolute atomic E-state index is 12.2. The normalized spacial score (nSPS) is 13.0. The van der Waals surface area contributed by atoms with Crippen molar-refractivity contribution in [3.8, 4) is 0 Å². The Hall–Kier alpha value is -1.92. The van der Waals surface area contributed by atoms with Crippen molar-refractivity contribution in [2.45, 2.75) is 31.2 Å². The number of rotatable bonds is 5. The molecular weight excluding hydrogens is 288 g/mol. The van der Waals surface area contributed by atoms with E-state index in [0.717, 1.165) is 12.0 Å². The molecule has 0 aliphatic carbocycles. The third kappa shape index (κ3) is 3.59. The topological polar surface area (TPSA) is 79.0 Å². The largest absolute Gasteiger partial charge is 0.366 e. The summed E-state index contributed by atoms with van der Waals surface area (Å²) in [7, 11) is -3.85. The maximum atomic E-state index is 12.2. The number of hydrogen-bond donors (Lipinski definition) is 2. The second kappa shape index (κ2) is 6.24. The quantitative estimate of drug-likeness (QED) is 0.886. The number of nitrogens with one attached hydrogen (secondary N) is 2. The molecule has 21 heavy (non-hydrogen) atoms. The monoisotopic (exact) mass is 306 g/mol. The molecule has 0 aliphatic rings. The predicted octanol–water partition coefficient (Wildman–Crippen LogP) is 1.98. The van der Waals surface area contributed by atoms with Crippen LogP contribution in [0.2, 0.25) is 0 Å². The van der Waals surface area contributed by atoms with Crippen LogP contribution in [0.1, 0.15) is 31.0 Å². The van der Waals surface area contributed by atoms with Crippen molar-refractivity contribution in [3.63, 3.8) is 0 Å². The molecule has 6 heteroatoms. The van der Waals surface area contributed by atoms with E-state index < -0.39 is 21.5 Å². The molecule has 1 heterocycles. The van der Waals surface area contributed by atoms with Crippen LogP contribution in [0.3, 0.4) is 0 Å². The van der Waals surface area contributed by atoms with Gasteiger partial charge in [0.1, 0.15) is 4.90 Å². The molecule has 1 unspecified atom stereocenters. The van der Waals surface area contributed by atoms with Crippen molar-refractivity contribution in [3.05, 3.63) is 64.1 Å². The van der Waals surface area contributed by atoms with E-state index in [2.05, 4.69) is 16.6 Å².